The molecule has 0 aromatic heterocycles. The van der Waals surface area contributed by atoms with Gasteiger partial charge in [0.25, 0.3) is 15.9 Å². The summed E-state index contributed by atoms with van der Waals surface area (Å²) in [5.41, 5.74) is 0.559. The van der Waals surface area contributed by atoms with Gasteiger partial charge in [0.2, 0.25) is 0 Å². The largest absolute Gasteiger partial charge is 0.322 e. The molecule has 29 heavy (non-hydrogen) atoms. The molecule has 0 aliphatic carbocycles. The molecule has 150 valence electrons. The van der Waals surface area contributed by atoms with Crippen molar-refractivity contribution >= 4 is 70.8 Å². The van der Waals surface area contributed by atoms with Crippen LogP contribution >= 0.6 is 43.5 Å². The number of hydrogen-bond donors (Lipinski definition) is 2. The summed E-state index contributed by atoms with van der Waals surface area (Å²) in [6.45, 7) is 0. The Bertz CT molecular complexity index is 1190. The summed E-state index contributed by atoms with van der Waals surface area (Å²) in [4.78, 5) is 12.1. The molecule has 0 atom stereocenters. The third-order valence-electron chi connectivity index (χ3n) is 3.78. The lowest BCUT2D eigenvalue weighted by Crippen LogP contribution is -2.19. The van der Waals surface area contributed by atoms with Crippen LogP contribution in [0.1, 0.15) is 10.4 Å². The van der Waals surface area contributed by atoms with Crippen LogP contribution in [0.4, 0.5) is 15.8 Å². The Kier molecular flexibility index (Phi) is 6.62. The minimum atomic E-state index is -4.32. The van der Waals surface area contributed by atoms with Gasteiger partial charge in [-0.1, -0.05) is 49.5 Å². The maximum atomic E-state index is 14.2. The van der Waals surface area contributed by atoms with Crippen LogP contribution in [0.25, 0.3) is 0 Å². The first-order chi connectivity index (χ1) is 13.7. The van der Waals surface area contributed by atoms with Crippen molar-refractivity contribution in [3.63, 3.8) is 0 Å². The predicted octanol–water partition coefficient (Wildman–Crippen LogP) is 6.06. The molecule has 0 radical (unpaired) electrons. The Morgan fingerprint density at radius 3 is 2.31 bits per heavy atom. The molecule has 3 aromatic rings. The molecule has 0 fully saturated rings. The molecule has 0 spiro atoms. The summed E-state index contributed by atoms with van der Waals surface area (Å²) in [5, 5.41) is 2.37. The number of nitrogens with one attached hydrogen (secondary N) is 2. The van der Waals surface area contributed by atoms with Crippen molar-refractivity contribution in [2.45, 2.75) is 4.90 Å². The van der Waals surface area contributed by atoms with Crippen molar-refractivity contribution in [1.82, 2.24) is 0 Å². The third kappa shape index (κ3) is 5.16. The highest BCUT2D eigenvalue weighted by Crippen LogP contribution is 2.28. The molecule has 0 saturated carbocycles. The third-order valence-corrected chi connectivity index (χ3v) is 6.48. The predicted molar refractivity (Wildman–Crippen MR) is 118 cm³/mol. The van der Waals surface area contributed by atoms with Crippen LogP contribution in [0.15, 0.2) is 74.5 Å². The van der Waals surface area contributed by atoms with E-state index in [9.17, 15) is 17.6 Å². The number of anilines is 2. The zero-order valence-electron chi connectivity index (χ0n) is 14.4. The second-order valence-electron chi connectivity index (χ2n) is 5.81. The Labute approximate surface area is 188 Å². The molecule has 0 heterocycles. The molecule has 0 aliphatic rings. The van der Waals surface area contributed by atoms with Crippen LogP contribution in [0.3, 0.4) is 0 Å². The summed E-state index contributed by atoms with van der Waals surface area (Å²) in [5.74, 6) is -1.61. The average Bonchev–Trinajstić information content (AvgIpc) is 2.67. The maximum absolute atomic E-state index is 14.2. The minimum Gasteiger partial charge on any atom is -0.322 e. The van der Waals surface area contributed by atoms with Crippen molar-refractivity contribution < 1.29 is 17.6 Å². The Morgan fingerprint density at radius 1 is 0.966 bits per heavy atom. The van der Waals surface area contributed by atoms with Crippen LogP contribution in [0.2, 0.25) is 5.02 Å². The van der Waals surface area contributed by atoms with E-state index in [0.717, 1.165) is 10.5 Å². The van der Waals surface area contributed by atoms with E-state index in [2.05, 4.69) is 41.9 Å². The lowest BCUT2D eigenvalue weighted by atomic mass is 10.1. The molecule has 3 rings (SSSR count). The van der Waals surface area contributed by atoms with Gasteiger partial charge in [-0.25, -0.2) is 12.8 Å². The SMILES string of the molecule is O=C(Nc1ccc(Br)cc1)c1cc(Br)ccc1NS(=O)(=O)c1cccc(Cl)c1F. The Morgan fingerprint density at radius 2 is 1.62 bits per heavy atom. The number of carbonyl (C=O) groups is 1. The number of carbonyl (C=O) groups excluding carboxylic acids is 1. The topological polar surface area (TPSA) is 75.3 Å². The molecular formula is C19H12Br2ClFN2O3S. The molecular weight excluding hydrogens is 551 g/mol. The molecule has 1 amide bonds. The van der Waals surface area contributed by atoms with Gasteiger partial charge in [0.15, 0.2) is 5.82 Å². The summed E-state index contributed by atoms with van der Waals surface area (Å²) >= 11 is 12.3. The Hall–Kier alpha value is -1.94. The van der Waals surface area contributed by atoms with E-state index in [1.54, 1.807) is 30.3 Å². The van der Waals surface area contributed by atoms with Gasteiger partial charge in [0.1, 0.15) is 4.90 Å². The van der Waals surface area contributed by atoms with Crippen LogP contribution < -0.4 is 10.0 Å². The molecule has 0 aliphatic heterocycles. The van der Waals surface area contributed by atoms with Gasteiger partial charge in [-0.3, -0.25) is 9.52 Å². The number of benzene rings is 3. The summed E-state index contributed by atoms with van der Waals surface area (Å²) < 4.78 is 43.2. The number of amides is 1. The highest BCUT2D eigenvalue weighted by molar-refractivity contribution is 9.10. The molecule has 0 saturated heterocycles. The first-order valence-electron chi connectivity index (χ1n) is 8.01. The monoisotopic (exact) mass is 560 g/mol. The van der Waals surface area contributed by atoms with Crippen molar-refractivity contribution in [3.8, 4) is 0 Å². The fourth-order valence-corrected chi connectivity index (χ4v) is 4.45. The van der Waals surface area contributed by atoms with Crippen LogP contribution in [-0.2, 0) is 10.0 Å². The van der Waals surface area contributed by atoms with Gasteiger partial charge in [-0.2, -0.15) is 0 Å². The van der Waals surface area contributed by atoms with E-state index in [0.29, 0.717) is 10.2 Å². The summed E-state index contributed by atoms with van der Waals surface area (Å²) in [6, 6.07) is 14.9. The molecule has 2 N–H and O–H groups in total. The molecule has 10 heteroatoms. The van der Waals surface area contributed by atoms with E-state index in [1.165, 1.54) is 24.3 Å². The second kappa shape index (κ2) is 8.83. The summed E-state index contributed by atoms with van der Waals surface area (Å²) in [7, 11) is -4.32. The van der Waals surface area contributed by atoms with Gasteiger partial charge in [-0.05, 0) is 54.6 Å². The average molecular weight is 563 g/mol. The van der Waals surface area contributed by atoms with E-state index < -0.39 is 26.6 Å². The van der Waals surface area contributed by atoms with Gasteiger partial charge < -0.3 is 5.32 Å². The van der Waals surface area contributed by atoms with E-state index >= 15 is 0 Å². The fraction of sp³-hybridized carbons (Fsp3) is 0. The zero-order chi connectivity index (χ0) is 21.2. The van der Waals surface area contributed by atoms with Crippen molar-refractivity contribution in [2.24, 2.45) is 0 Å². The zero-order valence-corrected chi connectivity index (χ0v) is 19.2. The number of rotatable bonds is 5. The van der Waals surface area contributed by atoms with Gasteiger partial charge >= 0.3 is 0 Å². The van der Waals surface area contributed by atoms with Crippen molar-refractivity contribution in [3.05, 3.63) is 86.0 Å². The molecule has 3 aromatic carbocycles. The normalized spacial score (nSPS) is 11.2. The lowest BCUT2D eigenvalue weighted by molar-refractivity contribution is 0.102. The quantitative estimate of drug-likeness (QED) is 0.397. The van der Waals surface area contributed by atoms with E-state index in [-0.39, 0.29) is 16.3 Å². The van der Waals surface area contributed by atoms with E-state index in [1.807, 2.05) is 0 Å². The van der Waals surface area contributed by atoms with Gasteiger partial charge in [-0.15, -0.1) is 0 Å². The van der Waals surface area contributed by atoms with Crippen LogP contribution in [0.5, 0.6) is 0 Å². The smallest absolute Gasteiger partial charge is 0.264 e. The first-order valence-corrected chi connectivity index (χ1v) is 11.5. The maximum Gasteiger partial charge on any atom is 0.264 e. The van der Waals surface area contributed by atoms with Crippen LogP contribution in [-0.4, -0.2) is 14.3 Å². The highest BCUT2D eigenvalue weighted by Gasteiger charge is 2.23. The highest BCUT2D eigenvalue weighted by atomic mass is 79.9. The van der Waals surface area contributed by atoms with Gasteiger partial charge in [0, 0.05) is 14.6 Å². The standard InChI is InChI=1S/C19H12Br2ClFN2O3S/c20-11-4-7-13(8-5-11)24-19(26)14-10-12(21)6-9-16(14)25-29(27,28)17-3-1-2-15(22)18(17)23/h1-10,25H,(H,24,26). The Balaban J connectivity index is 1.95. The first kappa shape index (κ1) is 21.8. The molecule has 0 unspecified atom stereocenters. The summed E-state index contributed by atoms with van der Waals surface area (Å²) in [6.07, 6.45) is 0. The van der Waals surface area contributed by atoms with Crippen LogP contribution in [0, 0.1) is 5.82 Å². The van der Waals surface area contributed by atoms with Crippen molar-refractivity contribution in [1.29, 1.82) is 0 Å². The minimum absolute atomic E-state index is 0.0119. The van der Waals surface area contributed by atoms with Gasteiger partial charge in [0.05, 0.1) is 16.3 Å². The fourth-order valence-electron chi connectivity index (χ4n) is 2.42. The number of sulfonamides is 1. The van der Waals surface area contributed by atoms with Crippen molar-refractivity contribution in [2.75, 3.05) is 10.0 Å². The number of hydrogen-bond acceptors (Lipinski definition) is 3. The molecule has 0 bridgehead atoms. The lowest BCUT2D eigenvalue weighted by Gasteiger charge is -2.14. The van der Waals surface area contributed by atoms with E-state index in [4.69, 9.17) is 11.6 Å². The molecule has 5 nitrogen and oxygen atoms in total. The number of halogens is 4. The second-order valence-corrected chi connectivity index (χ2v) is 9.70.